The molecule has 0 spiro atoms. The molecule has 1 aromatic carbocycles. The third kappa shape index (κ3) is 2.63. The van der Waals surface area contributed by atoms with Crippen LogP contribution in [0.25, 0.3) is 10.9 Å². The largest absolute Gasteiger partial charge is 0.394 e. The molecule has 1 aliphatic carbocycles. The van der Waals surface area contributed by atoms with E-state index in [1.807, 2.05) is 0 Å². The van der Waals surface area contributed by atoms with Crippen LogP contribution >= 0.6 is 11.8 Å². The average Bonchev–Trinajstić information content (AvgIpc) is 3.27. The Labute approximate surface area is 134 Å². The van der Waals surface area contributed by atoms with Crippen molar-refractivity contribution in [3.8, 4) is 0 Å². The van der Waals surface area contributed by atoms with Gasteiger partial charge in [-0.25, -0.2) is 0 Å². The van der Waals surface area contributed by atoms with Crippen LogP contribution in [0, 0.1) is 0 Å². The maximum atomic E-state index is 9.23. The summed E-state index contributed by atoms with van der Waals surface area (Å²) in [5.74, 6) is 0.869. The van der Waals surface area contributed by atoms with Crippen LogP contribution in [-0.4, -0.2) is 39.6 Å². The van der Waals surface area contributed by atoms with Crippen LogP contribution in [-0.2, 0) is 0 Å². The number of fused-ring (bicyclic) bond motifs is 1. The molecule has 5 heteroatoms. The molecule has 2 aromatic rings. The third-order valence-corrected chi connectivity index (χ3v) is 5.67. The van der Waals surface area contributed by atoms with Crippen molar-refractivity contribution in [2.24, 2.45) is 4.99 Å². The van der Waals surface area contributed by atoms with Gasteiger partial charge >= 0.3 is 0 Å². The molecule has 4 nitrogen and oxygen atoms in total. The van der Waals surface area contributed by atoms with E-state index in [0.29, 0.717) is 6.04 Å². The topological polar surface area (TPSA) is 60.4 Å². The molecule has 1 saturated carbocycles. The van der Waals surface area contributed by atoms with Gasteiger partial charge in [-0.3, -0.25) is 4.99 Å². The molecule has 1 atom stereocenters. The van der Waals surface area contributed by atoms with Crippen molar-refractivity contribution >= 4 is 33.4 Å². The second-order valence-corrected chi connectivity index (χ2v) is 7.17. The van der Waals surface area contributed by atoms with Gasteiger partial charge in [-0.15, -0.1) is 11.8 Å². The van der Waals surface area contributed by atoms with Gasteiger partial charge in [0.25, 0.3) is 0 Å². The van der Waals surface area contributed by atoms with Gasteiger partial charge in [0.2, 0.25) is 0 Å². The van der Waals surface area contributed by atoms with Crippen LogP contribution < -0.4 is 5.32 Å². The first kappa shape index (κ1) is 14.2. The van der Waals surface area contributed by atoms with E-state index >= 15 is 0 Å². The Morgan fingerprint density at radius 1 is 1.32 bits per heavy atom. The first-order valence-corrected chi connectivity index (χ1v) is 9.02. The summed E-state index contributed by atoms with van der Waals surface area (Å²) < 4.78 is 0. The Bertz CT molecular complexity index is 703. The first-order valence-electron chi connectivity index (χ1n) is 8.03. The number of anilines is 1. The Morgan fingerprint density at radius 3 is 2.95 bits per heavy atom. The molecular weight excluding hydrogens is 294 g/mol. The lowest BCUT2D eigenvalue weighted by Crippen LogP contribution is -2.14. The molecule has 22 heavy (non-hydrogen) atoms. The van der Waals surface area contributed by atoms with Gasteiger partial charge in [-0.05, 0) is 25.0 Å². The molecule has 4 rings (SSSR count). The van der Waals surface area contributed by atoms with Crippen LogP contribution in [0.2, 0.25) is 0 Å². The maximum Gasteiger partial charge on any atom is 0.115 e. The molecule has 3 N–H and O–H groups in total. The SMILES string of the molecule is OC[C@@H]1CSC(c2cc3cccc(NC4CCCC4)c3[nH]2)=N1. The van der Waals surface area contributed by atoms with Crippen molar-refractivity contribution in [1.82, 2.24) is 4.98 Å². The molecule has 1 aliphatic heterocycles. The van der Waals surface area contributed by atoms with Crippen molar-refractivity contribution in [2.45, 2.75) is 37.8 Å². The number of aliphatic imine (C=N–C) groups is 1. The van der Waals surface area contributed by atoms with Gasteiger partial charge in [-0.2, -0.15) is 0 Å². The van der Waals surface area contributed by atoms with Crippen LogP contribution in [0.15, 0.2) is 29.3 Å². The highest BCUT2D eigenvalue weighted by molar-refractivity contribution is 8.14. The molecule has 0 unspecified atom stereocenters. The van der Waals surface area contributed by atoms with Crippen molar-refractivity contribution in [2.75, 3.05) is 17.7 Å². The zero-order chi connectivity index (χ0) is 14.9. The van der Waals surface area contributed by atoms with E-state index in [4.69, 9.17) is 0 Å². The summed E-state index contributed by atoms with van der Waals surface area (Å²) in [6, 6.07) is 9.22. The number of rotatable bonds is 4. The van der Waals surface area contributed by atoms with Crippen molar-refractivity contribution in [3.63, 3.8) is 0 Å². The number of para-hydroxylation sites is 1. The van der Waals surface area contributed by atoms with Gasteiger partial charge in [0.15, 0.2) is 0 Å². The zero-order valence-corrected chi connectivity index (χ0v) is 13.3. The minimum atomic E-state index is 0.0440. The van der Waals surface area contributed by atoms with E-state index in [1.165, 1.54) is 42.3 Å². The van der Waals surface area contributed by atoms with Gasteiger partial charge < -0.3 is 15.4 Å². The lowest BCUT2D eigenvalue weighted by molar-refractivity contribution is 0.277. The summed E-state index contributed by atoms with van der Waals surface area (Å²) in [4.78, 5) is 8.11. The molecule has 116 valence electrons. The molecule has 1 aromatic heterocycles. The number of aliphatic hydroxyl groups is 1. The summed E-state index contributed by atoms with van der Waals surface area (Å²) in [7, 11) is 0. The summed E-state index contributed by atoms with van der Waals surface area (Å²) in [6.07, 6.45) is 5.20. The maximum absolute atomic E-state index is 9.23. The number of nitrogens with one attached hydrogen (secondary N) is 2. The molecule has 0 radical (unpaired) electrons. The monoisotopic (exact) mass is 315 g/mol. The summed E-state index contributed by atoms with van der Waals surface area (Å²) in [5, 5.41) is 15.2. The predicted molar refractivity (Wildman–Crippen MR) is 94.0 cm³/mol. The summed E-state index contributed by atoms with van der Waals surface area (Å²) in [5.41, 5.74) is 3.43. The smallest absolute Gasteiger partial charge is 0.115 e. The highest BCUT2D eigenvalue weighted by Gasteiger charge is 2.21. The normalized spacial score (nSPS) is 22.4. The molecular formula is C17H21N3OS. The fraction of sp³-hybridized carbons (Fsp3) is 0.471. The van der Waals surface area contributed by atoms with Gasteiger partial charge in [-0.1, -0.05) is 25.0 Å². The zero-order valence-electron chi connectivity index (χ0n) is 12.5. The van der Waals surface area contributed by atoms with E-state index < -0.39 is 0 Å². The molecule has 1 fully saturated rings. The summed E-state index contributed by atoms with van der Waals surface area (Å²) in [6.45, 7) is 0.130. The number of thioether (sulfide) groups is 1. The molecule has 0 saturated heterocycles. The fourth-order valence-corrected chi connectivity index (χ4v) is 4.36. The highest BCUT2D eigenvalue weighted by atomic mass is 32.2. The Kier molecular flexibility index (Phi) is 3.84. The van der Waals surface area contributed by atoms with Crippen molar-refractivity contribution in [1.29, 1.82) is 0 Å². The van der Waals surface area contributed by atoms with E-state index in [1.54, 1.807) is 11.8 Å². The van der Waals surface area contributed by atoms with Crippen LogP contribution in [0.1, 0.15) is 31.4 Å². The van der Waals surface area contributed by atoms with E-state index in [-0.39, 0.29) is 12.6 Å². The minimum absolute atomic E-state index is 0.0440. The van der Waals surface area contributed by atoms with Crippen molar-refractivity contribution < 1.29 is 5.11 Å². The molecule has 2 aliphatic rings. The van der Waals surface area contributed by atoms with Crippen LogP contribution in [0.4, 0.5) is 5.69 Å². The number of aromatic amines is 1. The standard InChI is InChI=1S/C17H21N3OS/c21-9-13-10-22-17(19-13)15-8-11-4-3-7-14(16(11)20-15)18-12-5-1-2-6-12/h3-4,7-8,12-13,18,20-21H,1-2,5-6,9-10H2/t13-/m1/s1. The first-order chi connectivity index (χ1) is 10.8. The second kappa shape index (κ2) is 5.97. The van der Waals surface area contributed by atoms with E-state index in [2.05, 4.69) is 39.6 Å². The van der Waals surface area contributed by atoms with Crippen molar-refractivity contribution in [3.05, 3.63) is 30.0 Å². The van der Waals surface area contributed by atoms with Gasteiger partial charge in [0, 0.05) is 17.2 Å². The second-order valence-electron chi connectivity index (χ2n) is 6.16. The lowest BCUT2D eigenvalue weighted by Gasteiger charge is -2.14. The average molecular weight is 315 g/mol. The number of benzene rings is 1. The number of hydrogen-bond acceptors (Lipinski definition) is 4. The lowest BCUT2D eigenvalue weighted by atomic mass is 10.2. The highest BCUT2D eigenvalue weighted by Crippen LogP contribution is 2.30. The number of aliphatic hydroxyl groups excluding tert-OH is 1. The number of nitrogens with zero attached hydrogens (tertiary/aromatic N) is 1. The molecule has 2 heterocycles. The fourth-order valence-electron chi connectivity index (χ4n) is 3.34. The Morgan fingerprint density at radius 2 is 2.18 bits per heavy atom. The van der Waals surface area contributed by atoms with Gasteiger partial charge in [0.1, 0.15) is 5.04 Å². The van der Waals surface area contributed by atoms with Crippen LogP contribution in [0.5, 0.6) is 0 Å². The molecule has 0 bridgehead atoms. The number of H-pyrrole nitrogens is 1. The number of hydrogen-bond donors (Lipinski definition) is 3. The Hall–Kier alpha value is -1.46. The summed E-state index contributed by atoms with van der Waals surface area (Å²) >= 11 is 1.72. The Balaban J connectivity index is 1.65. The molecule has 0 amide bonds. The quantitative estimate of drug-likeness (QED) is 0.810. The predicted octanol–water partition coefficient (Wildman–Crippen LogP) is 3.38. The third-order valence-electron chi connectivity index (χ3n) is 4.52. The minimum Gasteiger partial charge on any atom is -0.394 e. The van der Waals surface area contributed by atoms with Gasteiger partial charge in [0.05, 0.1) is 29.5 Å². The number of aromatic nitrogens is 1. The van der Waals surface area contributed by atoms with E-state index in [9.17, 15) is 5.11 Å². The van der Waals surface area contributed by atoms with Crippen LogP contribution in [0.3, 0.4) is 0 Å². The van der Waals surface area contributed by atoms with E-state index in [0.717, 1.165) is 16.5 Å².